The van der Waals surface area contributed by atoms with Gasteiger partial charge in [-0.25, -0.2) is 0 Å². The molecule has 0 atom stereocenters. The predicted octanol–water partition coefficient (Wildman–Crippen LogP) is 4.90. The average molecular weight is 297 g/mol. The number of unbranched alkanes of at least 4 members (excludes halogenated alkanes) is 11. The first kappa shape index (κ1) is 20.2. The van der Waals surface area contributed by atoms with Gasteiger partial charge in [0.2, 0.25) is 0 Å². The molecule has 0 aliphatic carbocycles. The van der Waals surface area contributed by atoms with E-state index in [1.54, 1.807) is 0 Å². The van der Waals surface area contributed by atoms with E-state index in [4.69, 9.17) is 10.2 Å². The maximum absolute atomic E-state index is 10.3. The first-order valence-electron chi connectivity index (χ1n) is 8.56. The lowest BCUT2D eigenvalue weighted by molar-refractivity contribution is -0.137. The summed E-state index contributed by atoms with van der Waals surface area (Å²) in [7, 11) is 0. The molecule has 21 heavy (non-hydrogen) atoms. The molecular formula is C18H33O3. The Hall–Kier alpha value is -0.830. The van der Waals surface area contributed by atoms with Crippen LogP contribution in [0.4, 0.5) is 0 Å². The Balaban J connectivity index is 3.07. The van der Waals surface area contributed by atoms with Crippen molar-refractivity contribution in [3.8, 4) is 0 Å². The molecule has 3 nitrogen and oxygen atoms in total. The number of aliphatic hydroxyl groups is 1. The topological polar surface area (TPSA) is 57.5 Å². The maximum atomic E-state index is 10.3. The van der Waals surface area contributed by atoms with Crippen LogP contribution in [-0.4, -0.2) is 22.8 Å². The van der Waals surface area contributed by atoms with Crippen molar-refractivity contribution in [2.24, 2.45) is 0 Å². The molecule has 2 N–H and O–H groups in total. The first-order valence-corrected chi connectivity index (χ1v) is 8.56. The molecule has 0 fully saturated rings. The third-order valence-corrected chi connectivity index (χ3v) is 3.55. The lowest BCUT2D eigenvalue weighted by atomic mass is 10.1. The zero-order valence-corrected chi connectivity index (χ0v) is 13.4. The first-order chi connectivity index (χ1) is 10.3. The predicted molar refractivity (Wildman–Crippen MR) is 88.2 cm³/mol. The van der Waals surface area contributed by atoms with Gasteiger partial charge in [0.05, 0.1) is 0 Å². The average Bonchev–Trinajstić information content (AvgIpc) is 2.46. The molecule has 0 aromatic heterocycles. The van der Waals surface area contributed by atoms with Crippen molar-refractivity contribution in [2.75, 3.05) is 6.61 Å². The summed E-state index contributed by atoms with van der Waals surface area (Å²) in [6.07, 6.45) is 20.5. The summed E-state index contributed by atoms with van der Waals surface area (Å²) in [5, 5.41) is 17.2. The fourth-order valence-corrected chi connectivity index (χ4v) is 2.25. The van der Waals surface area contributed by atoms with E-state index in [1.807, 2.05) is 0 Å². The molecule has 123 valence electrons. The lowest BCUT2D eigenvalue weighted by Crippen LogP contribution is -1.93. The second-order valence-electron chi connectivity index (χ2n) is 5.62. The molecule has 0 heterocycles. The summed E-state index contributed by atoms with van der Waals surface area (Å²) in [4.78, 5) is 10.3. The minimum atomic E-state index is -0.678. The normalized spacial score (nSPS) is 11.3. The molecule has 0 saturated heterocycles. The fourth-order valence-electron chi connectivity index (χ4n) is 2.25. The molecule has 0 amide bonds. The Morgan fingerprint density at radius 1 is 0.762 bits per heavy atom. The number of carbonyl (C=O) groups is 1. The van der Waals surface area contributed by atoms with Crippen molar-refractivity contribution in [3.63, 3.8) is 0 Å². The molecule has 3 heteroatoms. The van der Waals surface area contributed by atoms with Crippen molar-refractivity contribution in [3.05, 3.63) is 18.6 Å². The zero-order chi connectivity index (χ0) is 15.6. The number of aliphatic hydroxyl groups excluding tert-OH is 1. The Morgan fingerprint density at radius 2 is 1.38 bits per heavy atom. The molecule has 0 saturated carbocycles. The number of carboxylic acid groups (broad SMARTS) is 1. The highest BCUT2D eigenvalue weighted by atomic mass is 16.4. The highest BCUT2D eigenvalue weighted by molar-refractivity contribution is 5.66. The zero-order valence-electron chi connectivity index (χ0n) is 13.4. The van der Waals surface area contributed by atoms with E-state index >= 15 is 0 Å². The minimum absolute atomic E-state index is 0.315. The monoisotopic (exact) mass is 297 g/mol. The number of hydrogen-bond acceptors (Lipinski definition) is 2. The number of hydrogen-bond donors (Lipinski definition) is 2. The van der Waals surface area contributed by atoms with Gasteiger partial charge in [-0.2, -0.15) is 0 Å². The van der Waals surface area contributed by atoms with E-state index in [1.165, 1.54) is 32.1 Å². The van der Waals surface area contributed by atoms with Gasteiger partial charge in [-0.1, -0.05) is 50.7 Å². The van der Waals surface area contributed by atoms with E-state index in [2.05, 4.69) is 18.6 Å². The molecule has 0 bridgehead atoms. The van der Waals surface area contributed by atoms with Gasteiger partial charge in [0.1, 0.15) is 0 Å². The van der Waals surface area contributed by atoms with Crippen LogP contribution >= 0.6 is 0 Å². The van der Waals surface area contributed by atoms with Gasteiger partial charge in [0.15, 0.2) is 0 Å². The molecular weight excluding hydrogens is 264 g/mol. The van der Waals surface area contributed by atoms with Crippen LogP contribution in [0.2, 0.25) is 0 Å². The third kappa shape index (κ3) is 19.2. The highest BCUT2D eigenvalue weighted by Gasteiger charge is 1.95. The Morgan fingerprint density at radius 3 is 2.10 bits per heavy atom. The summed E-state index contributed by atoms with van der Waals surface area (Å²) in [5.74, 6) is -0.678. The van der Waals surface area contributed by atoms with Crippen LogP contribution in [0, 0.1) is 6.42 Å². The van der Waals surface area contributed by atoms with Crippen molar-refractivity contribution < 1.29 is 15.0 Å². The summed E-state index contributed by atoms with van der Waals surface area (Å²) in [5.41, 5.74) is 0. The van der Waals surface area contributed by atoms with E-state index in [0.29, 0.717) is 13.0 Å². The maximum Gasteiger partial charge on any atom is 0.303 e. The summed E-state index contributed by atoms with van der Waals surface area (Å²) < 4.78 is 0. The van der Waals surface area contributed by atoms with E-state index < -0.39 is 5.97 Å². The molecule has 0 aromatic rings. The second-order valence-corrected chi connectivity index (χ2v) is 5.62. The lowest BCUT2D eigenvalue weighted by Gasteiger charge is -1.99. The molecule has 0 unspecified atom stereocenters. The smallest absolute Gasteiger partial charge is 0.303 e. The molecule has 0 rings (SSSR count). The summed E-state index contributed by atoms with van der Waals surface area (Å²) in [6, 6.07) is 0. The Bertz CT molecular complexity index is 249. The van der Waals surface area contributed by atoms with Gasteiger partial charge in [-0.15, -0.1) is 0 Å². The molecule has 1 radical (unpaired) electrons. The van der Waals surface area contributed by atoms with Crippen LogP contribution in [0.1, 0.15) is 83.5 Å². The van der Waals surface area contributed by atoms with Crippen LogP contribution in [0.3, 0.4) is 0 Å². The van der Waals surface area contributed by atoms with Gasteiger partial charge in [0, 0.05) is 13.0 Å². The van der Waals surface area contributed by atoms with Crippen molar-refractivity contribution >= 4 is 5.97 Å². The molecule has 0 aromatic carbocycles. The van der Waals surface area contributed by atoms with Crippen molar-refractivity contribution in [2.45, 2.75) is 83.5 Å². The standard InChI is InChI=1S/C18H33O3/c19-17-15-13-11-9-7-5-3-1-2-4-6-8-10-12-14-16-18(20)21/h1-2,5,19H,3-4,6-17H2,(H,20,21). The van der Waals surface area contributed by atoms with Gasteiger partial charge in [-0.3, -0.25) is 4.79 Å². The van der Waals surface area contributed by atoms with Crippen LogP contribution in [0.5, 0.6) is 0 Å². The quantitative estimate of drug-likeness (QED) is 0.315. The highest BCUT2D eigenvalue weighted by Crippen LogP contribution is 2.09. The Labute approximate surface area is 130 Å². The van der Waals surface area contributed by atoms with Crippen LogP contribution in [0.25, 0.3) is 0 Å². The van der Waals surface area contributed by atoms with E-state index in [0.717, 1.165) is 44.9 Å². The third-order valence-electron chi connectivity index (χ3n) is 3.55. The number of allylic oxidation sites excluding steroid dienone is 2. The van der Waals surface area contributed by atoms with Crippen LogP contribution < -0.4 is 0 Å². The Kier molecular flexibility index (Phi) is 16.5. The minimum Gasteiger partial charge on any atom is -0.481 e. The van der Waals surface area contributed by atoms with Gasteiger partial charge in [-0.05, 0) is 44.9 Å². The van der Waals surface area contributed by atoms with Gasteiger partial charge >= 0.3 is 5.97 Å². The van der Waals surface area contributed by atoms with Crippen LogP contribution in [0.15, 0.2) is 12.2 Å². The van der Waals surface area contributed by atoms with Gasteiger partial charge in [0.25, 0.3) is 0 Å². The SMILES string of the molecule is O=C(O)CCCCCCCC=CC[CH]CCCCCCO. The van der Waals surface area contributed by atoms with Crippen molar-refractivity contribution in [1.82, 2.24) is 0 Å². The van der Waals surface area contributed by atoms with Gasteiger partial charge < -0.3 is 10.2 Å². The fraction of sp³-hybridized carbons (Fsp3) is 0.778. The van der Waals surface area contributed by atoms with E-state index in [9.17, 15) is 4.79 Å². The second kappa shape index (κ2) is 17.2. The molecule has 0 aliphatic rings. The number of aliphatic carboxylic acids is 1. The summed E-state index contributed by atoms with van der Waals surface area (Å²) >= 11 is 0. The number of rotatable bonds is 16. The largest absolute Gasteiger partial charge is 0.481 e. The van der Waals surface area contributed by atoms with Crippen LogP contribution in [-0.2, 0) is 4.79 Å². The molecule has 0 spiro atoms. The number of carboxylic acids is 1. The summed E-state index contributed by atoms with van der Waals surface area (Å²) in [6.45, 7) is 0.325. The van der Waals surface area contributed by atoms with E-state index in [-0.39, 0.29) is 0 Å². The molecule has 0 aliphatic heterocycles. The van der Waals surface area contributed by atoms with Crippen molar-refractivity contribution in [1.29, 1.82) is 0 Å².